The summed E-state index contributed by atoms with van der Waals surface area (Å²) in [6, 6.07) is 1.40. The van der Waals surface area contributed by atoms with E-state index >= 15 is 0 Å². The van der Waals surface area contributed by atoms with E-state index in [9.17, 15) is 24.6 Å². The molecule has 0 aliphatic heterocycles. The minimum Gasteiger partial charge on any atom is -0.465 e. The summed E-state index contributed by atoms with van der Waals surface area (Å²) in [5.41, 5.74) is -2.04. The van der Waals surface area contributed by atoms with Crippen molar-refractivity contribution in [3.05, 3.63) is 27.7 Å². The monoisotopic (exact) mass is 355 g/mol. The summed E-state index contributed by atoms with van der Waals surface area (Å²) in [4.78, 5) is 36.7. The molecule has 0 spiro atoms. The summed E-state index contributed by atoms with van der Waals surface area (Å²) < 4.78 is 6.22. The Labute approximate surface area is 145 Å². The Morgan fingerprint density at radius 2 is 1.84 bits per heavy atom. The Morgan fingerprint density at radius 1 is 1.28 bits per heavy atom. The summed E-state index contributed by atoms with van der Waals surface area (Å²) in [5.74, 6) is 0. The van der Waals surface area contributed by atoms with E-state index in [1.54, 1.807) is 20.8 Å². The third-order valence-electron chi connectivity index (χ3n) is 3.35. The summed E-state index contributed by atoms with van der Waals surface area (Å²) in [6.45, 7) is 7.56. The molecule has 140 valence electrons. The van der Waals surface area contributed by atoms with Gasteiger partial charge in [-0.05, 0) is 40.7 Å². The van der Waals surface area contributed by atoms with Gasteiger partial charge in [-0.3, -0.25) is 4.79 Å². The molecule has 2 N–H and O–H groups in total. The van der Waals surface area contributed by atoms with Crippen LogP contribution in [0.3, 0.4) is 0 Å². The molecule has 1 heterocycles. The van der Waals surface area contributed by atoms with E-state index in [0.717, 1.165) is 4.68 Å². The summed E-state index contributed by atoms with van der Waals surface area (Å²) >= 11 is 0. The molecule has 0 saturated heterocycles. The molecular formula is C16H25N3O6. The number of carbonyl (C=O) groups is 2. The van der Waals surface area contributed by atoms with Crippen molar-refractivity contribution in [3.63, 3.8) is 0 Å². The van der Waals surface area contributed by atoms with Crippen molar-refractivity contribution in [2.45, 2.75) is 58.8 Å². The van der Waals surface area contributed by atoms with Crippen LogP contribution in [0.25, 0.3) is 0 Å². The highest BCUT2D eigenvalue weighted by molar-refractivity contribution is 5.88. The number of carboxylic acid groups (broad SMARTS) is 1. The van der Waals surface area contributed by atoms with Crippen LogP contribution in [-0.4, -0.2) is 48.2 Å². The average Bonchev–Trinajstić information content (AvgIpc) is 2.40. The molecule has 0 bridgehead atoms. The fraction of sp³-hybridized carbons (Fsp3) is 0.625. The summed E-state index contributed by atoms with van der Waals surface area (Å²) in [7, 11) is 1.43. The fourth-order valence-corrected chi connectivity index (χ4v) is 2.38. The largest absolute Gasteiger partial charge is 0.465 e. The molecular weight excluding hydrogens is 330 g/mol. The highest BCUT2D eigenvalue weighted by Crippen LogP contribution is 2.23. The van der Waals surface area contributed by atoms with E-state index < -0.39 is 28.9 Å². The standard InChI is InChI=1S/C16H25N3O6/c1-15(2,3)25-14(24)19(13(22)23)16(4,5)8-10-7-11(9-20)17-18(6)12(10)21/h7,20H,8-9H2,1-6H3,(H,22,23). The number of aryl methyl sites for hydroxylation is 1. The lowest BCUT2D eigenvalue weighted by atomic mass is 9.94. The van der Waals surface area contributed by atoms with Gasteiger partial charge in [-0.1, -0.05) is 0 Å². The Morgan fingerprint density at radius 3 is 2.28 bits per heavy atom. The maximum absolute atomic E-state index is 12.3. The van der Waals surface area contributed by atoms with E-state index in [2.05, 4.69) is 5.10 Å². The zero-order valence-electron chi connectivity index (χ0n) is 15.4. The summed E-state index contributed by atoms with van der Waals surface area (Å²) in [5, 5.41) is 22.6. The van der Waals surface area contributed by atoms with Gasteiger partial charge in [0.15, 0.2) is 0 Å². The van der Waals surface area contributed by atoms with Crippen molar-refractivity contribution in [3.8, 4) is 0 Å². The number of rotatable bonds is 4. The molecule has 0 radical (unpaired) electrons. The number of carbonyl (C=O) groups excluding carboxylic acids is 1. The first-order valence-electron chi connectivity index (χ1n) is 7.71. The fourth-order valence-electron chi connectivity index (χ4n) is 2.38. The third kappa shape index (κ3) is 5.28. The predicted molar refractivity (Wildman–Crippen MR) is 89.3 cm³/mol. The van der Waals surface area contributed by atoms with E-state index in [0.29, 0.717) is 4.90 Å². The molecule has 0 aliphatic rings. The Balaban J connectivity index is 3.24. The SMILES string of the molecule is Cn1nc(CO)cc(CC(C)(C)N(C(=O)O)C(=O)OC(C)(C)C)c1=O. The predicted octanol–water partition coefficient (Wildman–Crippen LogP) is 1.51. The van der Waals surface area contributed by atoms with Crippen molar-refractivity contribution < 1.29 is 24.5 Å². The molecule has 25 heavy (non-hydrogen) atoms. The van der Waals surface area contributed by atoms with E-state index in [1.165, 1.54) is 27.0 Å². The van der Waals surface area contributed by atoms with E-state index in [1.807, 2.05) is 0 Å². The topological polar surface area (TPSA) is 122 Å². The number of nitrogens with zero attached hydrogens (tertiary/aromatic N) is 3. The smallest absolute Gasteiger partial charge is 0.420 e. The first-order chi connectivity index (χ1) is 11.3. The van der Waals surface area contributed by atoms with Gasteiger partial charge in [0.2, 0.25) is 0 Å². The highest BCUT2D eigenvalue weighted by Gasteiger charge is 2.39. The second-order valence-electron chi connectivity index (χ2n) is 7.34. The van der Waals surface area contributed by atoms with Crippen molar-refractivity contribution in [1.82, 2.24) is 14.7 Å². The molecule has 0 atom stereocenters. The molecule has 0 aromatic carbocycles. The van der Waals surface area contributed by atoms with Gasteiger partial charge in [0.1, 0.15) is 5.60 Å². The molecule has 9 nitrogen and oxygen atoms in total. The molecule has 1 rings (SSSR count). The molecule has 9 heteroatoms. The second kappa shape index (κ2) is 7.22. The number of hydrogen-bond acceptors (Lipinski definition) is 6. The van der Waals surface area contributed by atoms with Crippen LogP contribution in [0.1, 0.15) is 45.9 Å². The van der Waals surface area contributed by atoms with Crippen molar-refractivity contribution >= 4 is 12.2 Å². The number of aliphatic hydroxyl groups excluding tert-OH is 1. The number of ether oxygens (including phenoxy) is 1. The Kier molecular flexibility index (Phi) is 5.96. The van der Waals surface area contributed by atoms with Crippen LogP contribution in [0.15, 0.2) is 10.9 Å². The lowest BCUT2D eigenvalue weighted by Gasteiger charge is -2.35. The first-order valence-corrected chi connectivity index (χ1v) is 7.71. The van der Waals surface area contributed by atoms with Crippen LogP contribution in [0.2, 0.25) is 0 Å². The van der Waals surface area contributed by atoms with Crippen molar-refractivity contribution in [1.29, 1.82) is 0 Å². The van der Waals surface area contributed by atoms with Crippen LogP contribution in [0, 0.1) is 0 Å². The van der Waals surface area contributed by atoms with Gasteiger partial charge in [0.25, 0.3) is 5.56 Å². The van der Waals surface area contributed by atoms with Crippen molar-refractivity contribution in [2.75, 3.05) is 0 Å². The van der Waals surface area contributed by atoms with E-state index in [-0.39, 0.29) is 24.3 Å². The number of hydrogen-bond donors (Lipinski definition) is 2. The molecule has 2 amide bonds. The molecule has 0 saturated carbocycles. The number of aliphatic hydroxyl groups is 1. The van der Waals surface area contributed by atoms with Crippen LogP contribution < -0.4 is 5.56 Å². The normalized spacial score (nSPS) is 12.0. The third-order valence-corrected chi connectivity index (χ3v) is 3.35. The van der Waals surface area contributed by atoms with Crippen LogP contribution in [0.5, 0.6) is 0 Å². The second-order valence-corrected chi connectivity index (χ2v) is 7.34. The van der Waals surface area contributed by atoms with Crippen LogP contribution in [0.4, 0.5) is 9.59 Å². The maximum Gasteiger partial charge on any atom is 0.420 e. The molecule has 0 aliphatic carbocycles. The zero-order chi connectivity index (χ0) is 19.6. The Bertz CT molecular complexity index is 718. The zero-order valence-corrected chi connectivity index (χ0v) is 15.4. The van der Waals surface area contributed by atoms with Gasteiger partial charge >= 0.3 is 12.2 Å². The van der Waals surface area contributed by atoms with E-state index in [4.69, 9.17) is 4.74 Å². The summed E-state index contributed by atoms with van der Waals surface area (Å²) in [6.07, 6.45) is -2.55. The van der Waals surface area contributed by atoms with Gasteiger partial charge < -0.3 is 14.9 Å². The minimum atomic E-state index is -1.48. The maximum atomic E-state index is 12.3. The number of aromatic nitrogens is 2. The molecule has 1 aromatic rings. The average molecular weight is 355 g/mol. The number of amides is 2. The molecule has 1 aromatic heterocycles. The lowest BCUT2D eigenvalue weighted by molar-refractivity contribution is 0.00790. The van der Waals surface area contributed by atoms with Crippen molar-refractivity contribution in [2.24, 2.45) is 7.05 Å². The minimum absolute atomic E-state index is 0.0548. The van der Waals surface area contributed by atoms with Gasteiger partial charge in [0, 0.05) is 19.0 Å². The first kappa shape index (κ1) is 20.6. The van der Waals surface area contributed by atoms with Crippen LogP contribution in [-0.2, 0) is 24.8 Å². The quantitative estimate of drug-likeness (QED) is 0.839. The Hall–Kier alpha value is -2.42. The van der Waals surface area contributed by atoms with Gasteiger partial charge in [0.05, 0.1) is 17.8 Å². The molecule has 0 fully saturated rings. The van der Waals surface area contributed by atoms with Gasteiger partial charge in [-0.2, -0.15) is 5.10 Å². The van der Waals surface area contributed by atoms with Gasteiger partial charge in [-0.25, -0.2) is 19.2 Å². The highest BCUT2D eigenvalue weighted by atomic mass is 16.6. The number of imide groups is 1. The van der Waals surface area contributed by atoms with Crippen LogP contribution >= 0.6 is 0 Å². The lowest BCUT2D eigenvalue weighted by Crippen LogP contribution is -2.54. The molecule has 0 unspecified atom stereocenters. The van der Waals surface area contributed by atoms with Gasteiger partial charge in [-0.15, -0.1) is 0 Å².